The van der Waals surface area contributed by atoms with Crippen LogP contribution in [0.2, 0.25) is 0 Å². The molecule has 2 N–H and O–H groups in total. The van der Waals surface area contributed by atoms with Crippen LogP contribution in [0.15, 0.2) is 17.9 Å². The zero-order chi connectivity index (χ0) is 19.1. The predicted octanol–water partition coefficient (Wildman–Crippen LogP) is 4.37. The fourth-order valence-electron chi connectivity index (χ4n) is 4.81. The summed E-state index contributed by atoms with van der Waals surface area (Å²) in [5.41, 5.74) is 3.96. The lowest BCUT2D eigenvalue weighted by Gasteiger charge is -2.43. The molecule has 142 valence electrons. The number of hydrogen-bond donors (Lipinski definition) is 2. The van der Waals surface area contributed by atoms with E-state index in [-0.39, 0.29) is 17.3 Å². The van der Waals surface area contributed by atoms with Crippen molar-refractivity contribution in [3.8, 4) is 0 Å². The normalized spacial score (nSPS) is 28.7. The maximum atomic E-state index is 12.9. The van der Waals surface area contributed by atoms with Crippen molar-refractivity contribution < 1.29 is 14.6 Å². The van der Waals surface area contributed by atoms with E-state index < -0.39 is 5.54 Å². The van der Waals surface area contributed by atoms with Gasteiger partial charge in [0, 0.05) is 7.11 Å². The maximum absolute atomic E-state index is 12.9. The Hall–Kier alpha value is -1.81. The molecule has 26 heavy (non-hydrogen) atoms. The largest absolute Gasteiger partial charge is 0.509 e. The Labute approximate surface area is 156 Å². The number of aliphatic hydroxyl groups excluding tert-OH is 1. The lowest BCUT2D eigenvalue weighted by atomic mass is 9.72. The SMILES string of the molecule is CCc1cc(C)cc(C)c1C1=C(O)C2(CCC(CC)(OC)CC2)NC1=O. The zero-order valence-electron chi connectivity index (χ0n) is 16.7. The van der Waals surface area contributed by atoms with Crippen LogP contribution in [0.3, 0.4) is 0 Å². The van der Waals surface area contributed by atoms with Gasteiger partial charge < -0.3 is 15.2 Å². The second-order valence-corrected chi connectivity index (χ2v) is 7.97. The molecular weight excluding hydrogens is 326 g/mol. The van der Waals surface area contributed by atoms with E-state index >= 15 is 0 Å². The first-order chi connectivity index (χ1) is 12.3. The summed E-state index contributed by atoms with van der Waals surface area (Å²) in [6, 6.07) is 4.20. The van der Waals surface area contributed by atoms with Crippen molar-refractivity contribution in [2.75, 3.05) is 7.11 Å². The van der Waals surface area contributed by atoms with E-state index in [9.17, 15) is 9.90 Å². The molecule has 1 aliphatic carbocycles. The van der Waals surface area contributed by atoms with E-state index in [1.807, 2.05) is 6.92 Å². The van der Waals surface area contributed by atoms with Gasteiger partial charge in [-0.3, -0.25) is 4.79 Å². The number of carbonyl (C=O) groups is 1. The first-order valence-corrected chi connectivity index (χ1v) is 9.73. The highest BCUT2D eigenvalue weighted by molar-refractivity contribution is 6.24. The summed E-state index contributed by atoms with van der Waals surface area (Å²) in [6.45, 7) is 8.32. The average Bonchev–Trinajstić information content (AvgIpc) is 2.86. The van der Waals surface area contributed by atoms with Crippen LogP contribution >= 0.6 is 0 Å². The summed E-state index contributed by atoms with van der Waals surface area (Å²) in [5.74, 6) is 0.0792. The van der Waals surface area contributed by atoms with E-state index in [4.69, 9.17) is 4.74 Å². The first kappa shape index (κ1) is 19.0. The molecule has 0 atom stereocenters. The molecule has 1 amide bonds. The van der Waals surface area contributed by atoms with Gasteiger partial charge in [-0.25, -0.2) is 0 Å². The van der Waals surface area contributed by atoms with Crippen LogP contribution in [0.1, 0.15) is 68.2 Å². The third-order valence-electron chi connectivity index (χ3n) is 6.55. The summed E-state index contributed by atoms with van der Waals surface area (Å²) in [4.78, 5) is 12.9. The standard InChI is InChI=1S/C22H31NO3/c1-6-16-13-14(3)12-15(4)17(16)18-19(24)22(23-20(18)25)10-8-21(7-2,26-5)9-11-22/h12-13,24H,6-11H2,1-5H3,(H,23,25). The van der Waals surface area contributed by atoms with Gasteiger partial charge in [-0.05, 0) is 69.1 Å². The number of amides is 1. The molecule has 1 aromatic carbocycles. The maximum Gasteiger partial charge on any atom is 0.256 e. The van der Waals surface area contributed by atoms with Gasteiger partial charge in [-0.1, -0.05) is 31.5 Å². The van der Waals surface area contributed by atoms with Gasteiger partial charge in [0.05, 0.1) is 16.7 Å². The quantitative estimate of drug-likeness (QED) is 0.841. The van der Waals surface area contributed by atoms with Crippen molar-refractivity contribution in [3.05, 3.63) is 40.1 Å². The molecule has 0 saturated heterocycles. The van der Waals surface area contributed by atoms with Crippen molar-refractivity contribution in [2.24, 2.45) is 0 Å². The number of carbonyl (C=O) groups excluding carboxylic acids is 1. The second-order valence-electron chi connectivity index (χ2n) is 7.97. The molecule has 4 heteroatoms. The number of methoxy groups -OCH3 is 1. The van der Waals surface area contributed by atoms with Gasteiger partial charge in [0.15, 0.2) is 0 Å². The molecule has 1 aliphatic heterocycles. The van der Waals surface area contributed by atoms with Crippen LogP contribution in [0.5, 0.6) is 0 Å². The highest BCUT2D eigenvalue weighted by Gasteiger charge is 2.51. The summed E-state index contributed by atoms with van der Waals surface area (Å²) in [7, 11) is 1.76. The molecule has 1 aromatic rings. The van der Waals surface area contributed by atoms with Crippen molar-refractivity contribution in [2.45, 2.75) is 77.4 Å². The van der Waals surface area contributed by atoms with Crippen LogP contribution in [0, 0.1) is 13.8 Å². The van der Waals surface area contributed by atoms with Gasteiger partial charge in [0.1, 0.15) is 5.76 Å². The van der Waals surface area contributed by atoms with Crippen molar-refractivity contribution in [3.63, 3.8) is 0 Å². The molecule has 0 bridgehead atoms. The second kappa shape index (κ2) is 6.73. The Morgan fingerprint density at radius 3 is 2.35 bits per heavy atom. The van der Waals surface area contributed by atoms with E-state index in [1.54, 1.807) is 7.11 Å². The number of aliphatic hydroxyl groups is 1. The minimum absolute atomic E-state index is 0.132. The molecule has 1 fully saturated rings. The Morgan fingerprint density at radius 2 is 1.81 bits per heavy atom. The molecule has 4 nitrogen and oxygen atoms in total. The third kappa shape index (κ3) is 2.84. The molecule has 1 spiro atoms. The minimum Gasteiger partial charge on any atom is -0.509 e. The monoisotopic (exact) mass is 357 g/mol. The van der Waals surface area contributed by atoms with Crippen molar-refractivity contribution in [1.29, 1.82) is 0 Å². The van der Waals surface area contributed by atoms with Gasteiger partial charge in [-0.15, -0.1) is 0 Å². The fraction of sp³-hybridized carbons (Fsp3) is 0.591. The molecule has 0 aromatic heterocycles. The van der Waals surface area contributed by atoms with E-state index in [1.165, 1.54) is 5.56 Å². The number of ether oxygens (including phenoxy) is 1. The lowest BCUT2D eigenvalue weighted by Crippen LogP contribution is -2.51. The predicted molar refractivity (Wildman–Crippen MR) is 104 cm³/mol. The van der Waals surface area contributed by atoms with Crippen LogP contribution in [0.4, 0.5) is 0 Å². The van der Waals surface area contributed by atoms with Crippen LogP contribution in [-0.4, -0.2) is 29.3 Å². The van der Waals surface area contributed by atoms with Crippen LogP contribution < -0.4 is 5.32 Å². The Morgan fingerprint density at radius 1 is 1.15 bits per heavy atom. The number of nitrogens with one attached hydrogen (secondary N) is 1. The molecule has 1 saturated carbocycles. The lowest BCUT2D eigenvalue weighted by molar-refractivity contribution is -0.117. The average molecular weight is 357 g/mol. The van der Waals surface area contributed by atoms with Crippen molar-refractivity contribution in [1.82, 2.24) is 5.32 Å². The molecular formula is C22H31NO3. The number of aryl methyl sites for hydroxylation is 3. The summed E-state index contributed by atoms with van der Waals surface area (Å²) >= 11 is 0. The summed E-state index contributed by atoms with van der Waals surface area (Å²) < 4.78 is 5.76. The Bertz CT molecular complexity index is 749. The topological polar surface area (TPSA) is 58.6 Å². The van der Waals surface area contributed by atoms with Crippen LogP contribution in [-0.2, 0) is 16.0 Å². The molecule has 0 unspecified atom stereocenters. The number of benzene rings is 1. The number of hydrogen-bond acceptors (Lipinski definition) is 3. The first-order valence-electron chi connectivity index (χ1n) is 9.73. The van der Waals surface area contributed by atoms with Crippen molar-refractivity contribution >= 4 is 11.5 Å². The highest BCUT2D eigenvalue weighted by atomic mass is 16.5. The molecule has 0 radical (unpaired) electrons. The van der Waals surface area contributed by atoms with Gasteiger partial charge in [0.2, 0.25) is 0 Å². The van der Waals surface area contributed by atoms with Gasteiger partial charge in [-0.2, -0.15) is 0 Å². The Kier molecular flexibility index (Phi) is 4.91. The molecule has 2 aliphatic rings. The van der Waals surface area contributed by atoms with Gasteiger partial charge in [0.25, 0.3) is 5.91 Å². The van der Waals surface area contributed by atoms with Gasteiger partial charge >= 0.3 is 0 Å². The zero-order valence-corrected chi connectivity index (χ0v) is 16.7. The third-order valence-corrected chi connectivity index (χ3v) is 6.55. The van der Waals surface area contributed by atoms with E-state index in [0.29, 0.717) is 18.4 Å². The number of rotatable bonds is 4. The fourth-order valence-corrected chi connectivity index (χ4v) is 4.81. The minimum atomic E-state index is -0.633. The highest BCUT2D eigenvalue weighted by Crippen LogP contribution is 2.46. The Balaban J connectivity index is 2.04. The molecule has 3 rings (SSSR count). The molecule has 1 heterocycles. The summed E-state index contributed by atoms with van der Waals surface area (Å²) in [5, 5.41) is 14.3. The van der Waals surface area contributed by atoms with E-state index in [2.05, 4.69) is 38.2 Å². The van der Waals surface area contributed by atoms with E-state index in [0.717, 1.165) is 42.4 Å². The summed E-state index contributed by atoms with van der Waals surface area (Å²) in [6.07, 6.45) is 4.87. The van der Waals surface area contributed by atoms with Crippen LogP contribution in [0.25, 0.3) is 5.57 Å². The smallest absolute Gasteiger partial charge is 0.256 e.